The fourth-order valence-electron chi connectivity index (χ4n) is 4.65. The third-order valence-electron chi connectivity index (χ3n) is 6.38. The van der Waals surface area contributed by atoms with E-state index in [2.05, 4.69) is 97.6 Å². The van der Waals surface area contributed by atoms with Gasteiger partial charge in [0.15, 0.2) is 0 Å². The first-order valence-electron chi connectivity index (χ1n) is 10.9. The van der Waals surface area contributed by atoms with Crippen LogP contribution < -0.4 is 14.7 Å². The van der Waals surface area contributed by atoms with Crippen LogP contribution in [0.1, 0.15) is 24.0 Å². The van der Waals surface area contributed by atoms with Crippen LogP contribution in [0, 0.1) is 0 Å². The van der Waals surface area contributed by atoms with Crippen LogP contribution in [0.15, 0.2) is 91.0 Å². The Morgan fingerprint density at radius 1 is 0.677 bits per heavy atom. The molecule has 1 heterocycles. The number of hydrogen-bond acceptors (Lipinski definition) is 2. The summed E-state index contributed by atoms with van der Waals surface area (Å²) in [5.41, 5.74) is 3.99. The molecule has 1 aliphatic rings. The van der Waals surface area contributed by atoms with Crippen LogP contribution in [0.5, 0.6) is 11.5 Å². The second kappa shape index (κ2) is 9.40. The average molecular weight is 427 g/mol. The van der Waals surface area contributed by atoms with Crippen molar-refractivity contribution in [3.8, 4) is 11.5 Å². The van der Waals surface area contributed by atoms with Gasteiger partial charge in [-0.25, -0.2) is 0 Å². The minimum atomic E-state index is -2.00. The first kappa shape index (κ1) is 21.2. The summed E-state index contributed by atoms with van der Waals surface area (Å²) < 4.78 is 10.9. The molecule has 0 radical (unpaired) electrons. The topological polar surface area (TPSA) is 18.5 Å². The maximum atomic E-state index is 5.45. The number of hydrogen-bond donors (Lipinski definition) is 0. The predicted octanol–water partition coefficient (Wildman–Crippen LogP) is 6.49. The molecule has 0 saturated carbocycles. The lowest BCUT2D eigenvalue weighted by Gasteiger charge is -2.35. The zero-order chi connectivity index (χ0) is 21.7. The van der Waals surface area contributed by atoms with Crippen molar-refractivity contribution in [1.82, 2.24) is 0 Å². The molecule has 0 saturated heterocycles. The third-order valence-corrected chi connectivity index (χ3v) is 11.0. The van der Waals surface area contributed by atoms with Crippen molar-refractivity contribution in [3.63, 3.8) is 0 Å². The van der Waals surface area contributed by atoms with Crippen molar-refractivity contribution < 1.29 is 9.47 Å². The number of rotatable bonds is 5. The van der Waals surface area contributed by atoms with Crippen LogP contribution >= 0.6 is 0 Å². The number of allylic oxidation sites excluding steroid dienone is 3. The first-order valence-corrected chi connectivity index (χ1v) is 13.6. The molecule has 1 atom stereocenters. The third kappa shape index (κ3) is 4.37. The molecule has 0 aliphatic carbocycles. The molecule has 0 spiro atoms. The largest absolute Gasteiger partial charge is 0.497 e. The quantitative estimate of drug-likeness (QED) is 0.343. The molecular weight excluding hydrogens is 396 g/mol. The molecular formula is C28H30O2Si. The van der Waals surface area contributed by atoms with Gasteiger partial charge in [-0.15, -0.1) is 0 Å². The van der Waals surface area contributed by atoms with Gasteiger partial charge in [-0.05, 0) is 65.0 Å². The van der Waals surface area contributed by atoms with Gasteiger partial charge < -0.3 is 9.47 Å². The maximum absolute atomic E-state index is 5.45. The highest BCUT2D eigenvalue weighted by atomic mass is 28.3. The summed E-state index contributed by atoms with van der Waals surface area (Å²) in [5, 5.41) is 3.01. The van der Waals surface area contributed by atoms with Gasteiger partial charge in [-0.2, -0.15) is 0 Å². The highest BCUT2D eigenvalue weighted by Gasteiger charge is 2.36. The minimum absolute atomic E-state index is 0.889. The molecule has 158 valence electrons. The SMILES string of the molecule is COc1ccc(/C2=C(\c3ccc(OC)cc3)[Si](C)(c3ccccc3)CC/C=C\C2)cc1. The Morgan fingerprint density at radius 3 is 1.84 bits per heavy atom. The lowest BCUT2D eigenvalue weighted by Crippen LogP contribution is -2.46. The van der Waals surface area contributed by atoms with E-state index in [1.54, 1.807) is 14.2 Å². The van der Waals surface area contributed by atoms with Gasteiger partial charge in [0.25, 0.3) is 0 Å². The van der Waals surface area contributed by atoms with Crippen molar-refractivity contribution in [2.75, 3.05) is 14.2 Å². The summed E-state index contributed by atoms with van der Waals surface area (Å²) in [7, 11) is 1.44. The van der Waals surface area contributed by atoms with E-state index in [-0.39, 0.29) is 0 Å². The number of benzene rings is 3. The van der Waals surface area contributed by atoms with E-state index >= 15 is 0 Å². The molecule has 3 heteroatoms. The Labute approximate surface area is 186 Å². The average Bonchev–Trinajstić information content (AvgIpc) is 2.82. The molecule has 0 N–H and O–H groups in total. The smallest absolute Gasteiger partial charge is 0.118 e. The van der Waals surface area contributed by atoms with Gasteiger partial charge in [-0.1, -0.05) is 78.5 Å². The van der Waals surface area contributed by atoms with Gasteiger partial charge in [0.1, 0.15) is 19.6 Å². The van der Waals surface area contributed by atoms with Gasteiger partial charge in [0, 0.05) is 0 Å². The molecule has 1 aliphatic heterocycles. The summed E-state index contributed by atoms with van der Waals surface area (Å²) in [6.45, 7) is 2.53. The van der Waals surface area contributed by atoms with Crippen molar-refractivity contribution in [3.05, 3.63) is 102 Å². The van der Waals surface area contributed by atoms with Crippen LogP contribution in [-0.2, 0) is 0 Å². The second-order valence-electron chi connectivity index (χ2n) is 8.22. The summed E-state index contributed by atoms with van der Waals surface area (Å²) in [6.07, 6.45) is 6.75. The van der Waals surface area contributed by atoms with Crippen LogP contribution in [-0.4, -0.2) is 22.3 Å². The van der Waals surface area contributed by atoms with Crippen LogP contribution in [0.25, 0.3) is 10.8 Å². The Kier molecular flexibility index (Phi) is 6.43. The second-order valence-corrected chi connectivity index (χ2v) is 12.5. The van der Waals surface area contributed by atoms with Crippen LogP contribution in [0.3, 0.4) is 0 Å². The molecule has 3 aromatic carbocycles. The minimum Gasteiger partial charge on any atom is -0.497 e. The Morgan fingerprint density at radius 2 is 1.26 bits per heavy atom. The zero-order valence-corrected chi connectivity index (χ0v) is 19.6. The van der Waals surface area contributed by atoms with Gasteiger partial charge >= 0.3 is 0 Å². The molecule has 0 fully saturated rings. The predicted molar refractivity (Wildman–Crippen MR) is 134 cm³/mol. The summed E-state index contributed by atoms with van der Waals surface area (Å²) in [6, 6.07) is 29.5. The van der Waals surface area contributed by atoms with E-state index in [0.29, 0.717) is 0 Å². The van der Waals surface area contributed by atoms with E-state index in [9.17, 15) is 0 Å². The summed E-state index contributed by atoms with van der Waals surface area (Å²) >= 11 is 0. The fourth-order valence-corrected chi connectivity index (χ4v) is 8.87. The van der Waals surface area contributed by atoms with E-state index < -0.39 is 8.07 Å². The van der Waals surface area contributed by atoms with Crippen molar-refractivity contribution in [2.24, 2.45) is 0 Å². The summed E-state index contributed by atoms with van der Waals surface area (Å²) in [4.78, 5) is 0. The standard InChI is InChI=1S/C28H30O2Si/c1-29-24-17-13-22(14-18-24)27-12-8-5-9-21-31(3,26-10-6-4-7-11-26)28(27)23-15-19-25(30-2)20-16-23/h4-8,10-11,13-20H,9,12,21H2,1-3H3/b8-5-,28-27+. The van der Waals surface area contributed by atoms with Crippen molar-refractivity contribution in [1.29, 1.82) is 0 Å². The summed E-state index contributed by atoms with van der Waals surface area (Å²) in [5.74, 6) is 1.78. The lowest BCUT2D eigenvalue weighted by molar-refractivity contribution is 0.414. The molecule has 2 nitrogen and oxygen atoms in total. The zero-order valence-electron chi connectivity index (χ0n) is 18.6. The molecule has 1 unspecified atom stereocenters. The van der Waals surface area contributed by atoms with E-state index in [0.717, 1.165) is 24.3 Å². The monoisotopic (exact) mass is 426 g/mol. The Bertz CT molecular complexity index is 1070. The van der Waals surface area contributed by atoms with Gasteiger partial charge in [-0.3, -0.25) is 0 Å². The molecule has 0 bridgehead atoms. The van der Waals surface area contributed by atoms with E-state index in [1.165, 1.54) is 33.1 Å². The van der Waals surface area contributed by atoms with Crippen molar-refractivity contribution >= 4 is 24.0 Å². The molecule has 3 aromatic rings. The molecule has 0 aromatic heterocycles. The number of methoxy groups -OCH3 is 2. The normalized spacial score (nSPS) is 22.3. The first-order chi connectivity index (χ1) is 15.2. The maximum Gasteiger partial charge on any atom is 0.118 e. The van der Waals surface area contributed by atoms with E-state index in [1.807, 2.05) is 0 Å². The fraction of sp³-hybridized carbons (Fsp3) is 0.214. The number of ether oxygens (including phenoxy) is 2. The van der Waals surface area contributed by atoms with Crippen LogP contribution in [0.4, 0.5) is 0 Å². The van der Waals surface area contributed by atoms with Crippen LogP contribution in [0.2, 0.25) is 12.6 Å². The molecule has 4 rings (SSSR count). The lowest BCUT2D eigenvalue weighted by atomic mass is 9.98. The van der Waals surface area contributed by atoms with E-state index in [4.69, 9.17) is 9.47 Å². The highest BCUT2D eigenvalue weighted by Crippen LogP contribution is 2.40. The van der Waals surface area contributed by atoms with Gasteiger partial charge in [0.05, 0.1) is 14.2 Å². The van der Waals surface area contributed by atoms with Crippen molar-refractivity contribution in [2.45, 2.75) is 25.4 Å². The Balaban J connectivity index is 1.99. The van der Waals surface area contributed by atoms with Gasteiger partial charge in [0.2, 0.25) is 0 Å². The highest BCUT2D eigenvalue weighted by molar-refractivity contribution is 7.06. The molecule has 0 amide bonds. The Hall–Kier alpha value is -3.04. The molecule has 31 heavy (non-hydrogen) atoms.